The molecule has 0 amide bonds. The van der Waals surface area contributed by atoms with Gasteiger partial charge in [-0.05, 0) is 39.2 Å². The van der Waals surface area contributed by atoms with E-state index in [0.29, 0.717) is 17.7 Å². The van der Waals surface area contributed by atoms with E-state index in [0.717, 1.165) is 5.56 Å². The molecule has 1 aromatic heterocycles. The summed E-state index contributed by atoms with van der Waals surface area (Å²) in [5, 5.41) is 0.218. The van der Waals surface area contributed by atoms with Crippen LogP contribution in [0, 0.1) is 5.82 Å². The van der Waals surface area contributed by atoms with Crippen molar-refractivity contribution in [1.82, 2.24) is 9.97 Å². The molecule has 0 atom stereocenters. The van der Waals surface area contributed by atoms with Gasteiger partial charge in [-0.15, -0.1) is 0 Å². The molecule has 0 saturated heterocycles. The standard InChI is InChI=1S/C15H8BrCl2FN2O/c16-9-6-10(22-7-8-4-2-1-3-5-8)11-13(12(9)19)20-15(18)21-14(11)17/h1-6H,7H2. The van der Waals surface area contributed by atoms with E-state index in [2.05, 4.69) is 25.9 Å². The summed E-state index contributed by atoms with van der Waals surface area (Å²) in [5.74, 6) is -0.179. The number of fused-ring (bicyclic) bond motifs is 1. The number of hydrogen-bond acceptors (Lipinski definition) is 3. The van der Waals surface area contributed by atoms with Crippen LogP contribution >= 0.6 is 39.1 Å². The first-order valence-corrected chi connectivity index (χ1v) is 7.78. The molecule has 1 heterocycles. The van der Waals surface area contributed by atoms with Crippen molar-refractivity contribution >= 4 is 50.0 Å². The van der Waals surface area contributed by atoms with Crippen LogP contribution in [0.15, 0.2) is 40.9 Å². The van der Waals surface area contributed by atoms with Gasteiger partial charge in [0.25, 0.3) is 0 Å². The van der Waals surface area contributed by atoms with Crippen molar-refractivity contribution in [3.05, 3.63) is 62.7 Å². The Balaban J connectivity index is 2.07. The molecule has 0 fully saturated rings. The minimum atomic E-state index is -0.562. The second-order valence-corrected chi connectivity index (χ2v) is 6.00. The van der Waals surface area contributed by atoms with Crippen LogP contribution in [0.3, 0.4) is 0 Å². The van der Waals surface area contributed by atoms with Gasteiger partial charge in [-0.3, -0.25) is 0 Å². The normalized spacial score (nSPS) is 10.9. The number of ether oxygens (including phenoxy) is 1. The number of hydrogen-bond donors (Lipinski definition) is 0. The average molecular weight is 402 g/mol. The van der Waals surface area contributed by atoms with Crippen LogP contribution in [0.5, 0.6) is 5.75 Å². The quantitative estimate of drug-likeness (QED) is 0.434. The maximum absolute atomic E-state index is 14.2. The van der Waals surface area contributed by atoms with Crippen LogP contribution in [0.2, 0.25) is 10.4 Å². The molecule has 0 radical (unpaired) electrons. The topological polar surface area (TPSA) is 35.0 Å². The molecule has 0 spiro atoms. The Morgan fingerprint density at radius 3 is 2.59 bits per heavy atom. The molecular weight excluding hydrogens is 394 g/mol. The van der Waals surface area contributed by atoms with E-state index < -0.39 is 5.82 Å². The fourth-order valence-electron chi connectivity index (χ4n) is 2.00. The second-order valence-electron chi connectivity index (χ2n) is 4.45. The Morgan fingerprint density at radius 2 is 1.86 bits per heavy atom. The van der Waals surface area contributed by atoms with Gasteiger partial charge in [0.05, 0.1) is 9.86 Å². The van der Waals surface area contributed by atoms with E-state index >= 15 is 0 Å². The Labute approximate surface area is 144 Å². The molecular formula is C15H8BrCl2FN2O. The van der Waals surface area contributed by atoms with Crippen molar-refractivity contribution in [3.63, 3.8) is 0 Å². The monoisotopic (exact) mass is 400 g/mol. The largest absolute Gasteiger partial charge is 0.488 e. The number of aromatic nitrogens is 2. The molecule has 0 aliphatic rings. The summed E-state index contributed by atoms with van der Waals surface area (Å²) in [6, 6.07) is 11.1. The molecule has 0 aliphatic carbocycles. The predicted octanol–water partition coefficient (Wildman–Crippen LogP) is 5.42. The van der Waals surface area contributed by atoms with Crippen LogP contribution in [0.4, 0.5) is 4.39 Å². The van der Waals surface area contributed by atoms with E-state index in [1.54, 1.807) is 0 Å². The maximum Gasteiger partial charge on any atom is 0.224 e. The van der Waals surface area contributed by atoms with Crippen molar-refractivity contribution in [1.29, 1.82) is 0 Å². The van der Waals surface area contributed by atoms with Crippen LogP contribution in [-0.4, -0.2) is 9.97 Å². The second kappa shape index (κ2) is 6.36. The summed E-state index contributed by atoms with van der Waals surface area (Å²) < 4.78 is 20.2. The summed E-state index contributed by atoms with van der Waals surface area (Å²) in [4.78, 5) is 7.74. The van der Waals surface area contributed by atoms with Gasteiger partial charge < -0.3 is 4.74 Å². The van der Waals surface area contributed by atoms with Gasteiger partial charge in [0.2, 0.25) is 5.28 Å². The van der Waals surface area contributed by atoms with E-state index in [-0.39, 0.29) is 20.4 Å². The van der Waals surface area contributed by atoms with Crippen LogP contribution in [0.25, 0.3) is 10.9 Å². The minimum Gasteiger partial charge on any atom is -0.488 e. The molecule has 0 N–H and O–H groups in total. The third kappa shape index (κ3) is 3.02. The van der Waals surface area contributed by atoms with E-state index in [9.17, 15) is 4.39 Å². The molecule has 3 aromatic rings. The lowest BCUT2D eigenvalue weighted by Gasteiger charge is -2.12. The Hall–Kier alpha value is -1.43. The molecule has 0 bridgehead atoms. The first-order chi connectivity index (χ1) is 10.6. The lowest BCUT2D eigenvalue weighted by molar-refractivity contribution is 0.309. The zero-order valence-electron chi connectivity index (χ0n) is 11.0. The van der Waals surface area contributed by atoms with Gasteiger partial charge in [-0.2, -0.15) is 0 Å². The number of nitrogens with zero attached hydrogens (tertiary/aromatic N) is 2. The predicted molar refractivity (Wildman–Crippen MR) is 88.0 cm³/mol. The van der Waals surface area contributed by atoms with E-state index in [4.69, 9.17) is 27.9 Å². The van der Waals surface area contributed by atoms with Crippen LogP contribution < -0.4 is 4.74 Å². The molecule has 3 nitrogen and oxygen atoms in total. The van der Waals surface area contributed by atoms with Crippen molar-refractivity contribution in [3.8, 4) is 5.75 Å². The minimum absolute atomic E-state index is 0.0161. The fourth-order valence-corrected chi connectivity index (χ4v) is 2.87. The number of benzene rings is 2. The van der Waals surface area contributed by atoms with E-state index in [1.165, 1.54) is 6.07 Å². The zero-order chi connectivity index (χ0) is 15.7. The maximum atomic E-state index is 14.2. The third-order valence-electron chi connectivity index (χ3n) is 3.00. The summed E-state index contributed by atoms with van der Waals surface area (Å²) in [6.45, 7) is 0.312. The summed E-state index contributed by atoms with van der Waals surface area (Å²) in [5.41, 5.74) is 0.990. The van der Waals surface area contributed by atoms with E-state index in [1.807, 2.05) is 30.3 Å². The fraction of sp³-hybridized carbons (Fsp3) is 0.0667. The molecule has 3 rings (SSSR count). The van der Waals surface area contributed by atoms with Crippen molar-refractivity contribution < 1.29 is 9.13 Å². The lowest BCUT2D eigenvalue weighted by atomic mass is 10.2. The van der Waals surface area contributed by atoms with Gasteiger partial charge in [-0.25, -0.2) is 14.4 Å². The zero-order valence-corrected chi connectivity index (χ0v) is 14.1. The van der Waals surface area contributed by atoms with Crippen molar-refractivity contribution in [2.45, 2.75) is 6.61 Å². The van der Waals surface area contributed by atoms with Crippen molar-refractivity contribution in [2.24, 2.45) is 0 Å². The third-order valence-corrected chi connectivity index (χ3v) is 4.02. The molecule has 0 unspecified atom stereocenters. The first-order valence-electron chi connectivity index (χ1n) is 6.23. The highest BCUT2D eigenvalue weighted by molar-refractivity contribution is 9.10. The molecule has 112 valence electrons. The molecule has 0 saturated carbocycles. The van der Waals surface area contributed by atoms with Crippen LogP contribution in [0.1, 0.15) is 5.56 Å². The summed E-state index contributed by atoms with van der Waals surface area (Å²) in [7, 11) is 0. The highest BCUT2D eigenvalue weighted by Crippen LogP contribution is 2.36. The van der Waals surface area contributed by atoms with Gasteiger partial charge in [0.15, 0.2) is 5.82 Å². The average Bonchev–Trinajstić information content (AvgIpc) is 2.50. The van der Waals surface area contributed by atoms with Gasteiger partial charge in [0, 0.05) is 0 Å². The molecule has 0 aliphatic heterocycles. The molecule has 2 aromatic carbocycles. The number of rotatable bonds is 3. The summed E-state index contributed by atoms with van der Waals surface area (Å²) in [6.07, 6.45) is 0. The summed E-state index contributed by atoms with van der Waals surface area (Å²) >= 11 is 15.0. The number of halogens is 4. The SMILES string of the molecule is Fc1c(Br)cc(OCc2ccccc2)c2c(Cl)nc(Cl)nc12. The van der Waals surface area contributed by atoms with Crippen molar-refractivity contribution in [2.75, 3.05) is 0 Å². The van der Waals surface area contributed by atoms with Gasteiger partial charge in [-0.1, -0.05) is 41.9 Å². The Bertz CT molecular complexity index is 846. The van der Waals surface area contributed by atoms with Gasteiger partial charge in [0.1, 0.15) is 23.0 Å². The lowest BCUT2D eigenvalue weighted by Crippen LogP contribution is -1.99. The van der Waals surface area contributed by atoms with Gasteiger partial charge >= 0.3 is 0 Å². The molecule has 7 heteroatoms. The molecule has 22 heavy (non-hydrogen) atoms. The first kappa shape index (κ1) is 15.5. The highest BCUT2D eigenvalue weighted by atomic mass is 79.9. The smallest absolute Gasteiger partial charge is 0.224 e. The Kier molecular flexibility index (Phi) is 4.47. The highest BCUT2D eigenvalue weighted by Gasteiger charge is 2.18. The van der Waals surface area contributed by atoms with Crippen LogP contribution in [-0.2, 0) is 6.61 Å². The Morgan fingerprint density at radius 1 is 1.14 bits per heavy atom.